The zero-order valence-electron chi connectivity index (χ0n) is 10.2. The zero-order chi connectivity index (χ0) is 13.1. The minimum Gasteiger partial charge on any atom is -0.268 e. The zero-order valence-corrected chi connectivity index (χ0v) is 11.0. The van der Waals surface area contributed by atoms with E-state index in [0.29, 0.717) is 12.0 Å². The van der Waals surface area contributed by atoms with Gasteiger partial charge in [0.05, 0.1) is 5.25 Å². The van der Waals surface area contributed by atoms with Gasteiger partial charge in [0.2, 0.25) is 10.0 Å². The van der Waals surface area contributed by atoms with E-state index in [-0.39, 0.29) is 0 Å². The van der Waals surface area contributed by atoms with Crippen LogP contribution in [0.5, 0.6) is 0 Å². The molecule has 5 heteroatoms. The molecule has 0 radical (unpaired) electrons. The number of aryl methyl sites for hydroxylation is 1. The molecule has 1 rings (SSSR count). The molecule has 0 unspecified atom stereocenters. The van der Waals surface area contributed by atoms with Crippen LogP contribution >= 0.6 is 0 Å². The summed E-state index contributed by atoms with van der Waals surface area (Å²) in [4.78, 5) is 11.8. The van der Waals surface area contributed by atoms with Crippen molar-refractivity contribution in [1.29, 1.82) is 0 Å². The van der Waals surface area contributed by atoms with Gasteiger partial charge < -0.3 is 0 Å². The predicted octanol–water partition coefficient (Wildman–Crippen LogP) is 1.85. The minimum atomic E-state index is -3.57. The van der Waals surface area contributed by atoms with Gasteiger partial charge in [-0.15, -0.1) is 0 Å². The first-order valence-electron chi connectivity index (χ1n) is 5.50. The largest absolute Gasteiger partial charge is 0.268 e. The number of hydrogen-bond acceptors (Lipinski definition) is 3. The van der Waals surface area contributed by atoms with E-state index < -0.39 is 21.2 Å². The van der Waals surface area contributed by atoms with Crippen LogP contribution in [0.2, 0.25) is 0 Å². The first kappa shape index (κ1) is 13.7. The molecule has 0 fully saturated rings. The second kappa shape index (κ2) is 5.31. The molecule has 0 aromatic heterocycles. The normalized spacial score (nSPS) is 13.1. The van der Waals surface area contributed by atoms with Crippen LogP contribution in [-0.4, -0.2) is 19.6 Å². The molecule has 0 spiro atoms. The molecule has 0 aliphatic rings. The van der Waals surface area contributed by atoms with Crippen LogP contribution in [0.3, 0.4) is 0 Å². The first-order valence-corrected chi connectivity index (χ1v) is 7.04. The molecular weight excluding hydrogens is 238 g/mol. The summed E-state index contributed by atoms with van der Waals surface area (Å²) in [5.41, 5.74) is 1.14. The fourth-order valence-corrected chi connectivity index (χ4v) is 2.34. The number of hydrogen-bond donors (Lipinski definition) is 1. The lowest BCUT2D eigenvalue weighted by atomic mass is 10.1. The molecule has 0 saturated carbocycles. The van der Waals surface area contributed by atoms with E-state index in [2.05, 4.69) is 4.72 Å². The third-order valence-corrected chi connectivity index (χ3v) is 4.59. The second-order valence-corrected chi connectivity index (χ2v) is 6.11. The van der Waals surface area contributed by atoms with Gasteiger partial charge in [0.15, 0.2) is 0 Å². The van der Waals surface area contributed by atoms with Gasteiger partial charge in [-0.1, -0.05) is 25.1 Å². The molecule has 94 valence electrons. The van der Waals surface area contributed by atoms with Crippen molar-refractivity contribution >= 4 is 15.9 Å². The van der Waals surface area contributed by atoms with Gasteiger partial charge in [-0.05, 0) is 31.9 Å². The van der Waals surface area contributed by atoms with Crippen molar-refractivity contribution < 1.29 is 13.2 Å². The highest BCUT2D eigenvalue weighted by molar-refractivity contribution is 7.90. The van der Waals surface area contributed by atoms with Crippen LogP contribution in [0.4, 0.5) is 0 Å². The van der Waals surface area contributed by atoms with E-state index in [9.17, 15) is 13.2 Å². The lowest BCUT2D eigenvalue weighted by Crippen LogP contribution is -2.37. The molecule has 1 aromatic rings. The molecule has 0 aliphatic heterocycles. The Kier molecular flexibility index (Phi) is 4.28. The molecule has 1 aromatic carbocycles. The fourth-order valence-electron chi connectivity index (χ4n) is 1.33. The number of sulfonamides is 1. The molecule has 1 N–H and O–H groups in total. The van der Waals surface area contributed by atoms with Crippen molar-refractivity contribution in [1.82, 2.24) is 4.72 Å². The van der Waals surface area contributed by atoms with Gasteiger partial charge >= 0.3 is 0 Å². The molecule has 0 heterocycles. The van der Waals surface area contributed by atoms with Crippen LogP contribution in [0.1, 0.15) is 36.2 Å². The highest BCUT2D eigenvalue weighted by Gasteiger charge is 2.22. The van der Waals surface area contributed by atoms with E-state index in [1.807, 2.05) is 0 Å². The van der Waals surface area contributed by atoms with E-state index in [4.69, 9.17) is 0 Å². The number of amides is 1. The van der Waals surface area contributed by atoms with Crippen molar-refractivity contribution in [2.75, 3.05) is 0 Å². The number of rotatable bonds is 4. The predicted molar refractivity (Wildman–Crippen MR) is 67.3 cm³/mol. The van der Waals surface area contributed by atoms with Gasteiger partial charge in [-0.3, -0.25) is 4.79 Å². The SMILES string of the molecule is CC[C@@H](C)S(=O)(=O)NC(=O)c1ccccc1C. The fraction of sp³-hybridized carbons (Fsp3) is 0.417. The van der Waals surface area contributed by atoms with Crippen molar-refractivity contribution in [3.8, 4) is 0 Å². The summed E-state index contributed by atoms with van der Waals surface area (Å²) in [7, 11) is -3.57. The maximum atomic E-state index is 11.8. The van der Waals surface area contributed by atoms with Crippen molar-refractivity contribution in [3.63, 3.8) is 0 Å². The lowest BCUT2D eigenvalue weighted by Gasteiger charge is -2.12. The first-order chi connectivity index (χ1) is 7.88. The molecule has 1 atom stereocenters. The topological polar surface area (TPSA) is 63.2 Å². The molecule has 0 saturated heterocycles. The lowest BCUT2D eigenvalue weighted by molar-refractivity contribution is 0.0980. The van der Waals surface area contributed by atoms with Crippen molar-refractivity contribution in [3.05, 3.63) is 35.4 Å². The van der Waals surface area contributed by atoms with Gasteiger partial charge in [-0.2, -0.15) is 0 Å². The molecule has 1 amide bonds. The average molecular weight is 255 g/mol. The summed E-state index contributed by atoms with van der Waals surface area (Å²) in [6, 6.07) is 6.88. The Hall–Kier alpha value is -1.36. The third-order valence-electron chi connectivity index (χ3n) is 2.73. The number of nitrogens with one attached hydrogen (secondary N) is 1. The second-order valence-electron chi connectivity index (χ2n) is 4.01. The monoisotopic (exact) mass is 255 g/mol. The Morgan fingerprint density at radius 1 is 1.35 bits per heavy atom. The van der Waals surface area contributed by atoms with Crippen molar-refractivity contribution in [2.45, 2.75) is 32.4 Å². The smallest absolute Gasteiger partial charge is 0.264 e. The number of carbonyl (C=O) groups is 1. The summed E-state index contributed by atoms with van der Waals surface area (Å²) < 4.78 is 25.5. The summed E-state index contributed by atoms with van der Waals surface area (Å²) >= 11 is 0. The molecule has 0 aliphatic carbocycles. The van der Waals surface area contributed by atoms with Gasteiger partial charge in [-0.25, -0.2) is 13.1 Å². The van der Waals surface area contributed by atoms with Gasteiger partial charge in [0.25, 0.3) is 5.91 Å². The van der Waals surface area contributed by atoms with E-state index in [1.165, 1.54) is 0 Å². The Bertz CT molecular complexity index is 508. The summed E-state index contributed by atoms with van der Waals surface area (Å²) in [5, 5.41) is -0.574. The van der Waals surface area contributed by atoms with Crippen molar-refractivity contribution in [2.24, 2.45) is 0 Å². The average Bonchev–Trinajstić information content (AvgIpc) is 2.27. The highest BCUT2D eigenvalue weighted by Crippen LogP contribution is 2.09. The molecular formula is C12H17NO3S. The molecule has 4 nitrogen and oxygen atoms in total. The maximum absolute atomic E-state index is 11.8. The van der Waals surface area contributed by atoms with Crippen LogP contribution < -0.4 is 4.72 Å². The summed E-state index contributed by atoms with van der Waals surface area (Å²) in [5.74, 6) is -0.566. The van der Waals surface area contributed by atoms with Crippen LogP contribution in [-0.2, 0) is 10.0 Å². The standard InChI is InChI=1S/C12H17NO3S/c1-4-10(3)17(15,16)13-12(14)11-8-6-5-7-9(11)2/h5-8,10H,4H2,1-3H3,(H,13,14)/t10-/m1/s1. The maximum Gasteiger partial charge on any atom is 0.264 e. The van der Waals surface area contributed by atoms with Crippen LogP contribution in [0.15, 0.2) is 24.3 Å². The summed E-state index contributed by atoms with van der Waals surface area (Å²) in [6.45, 7) is 5.11. The number of carbonyl (C=O) groups excluding carboxylic acids is 1. The molecule has 0 bridgehead atoms. The Balaban J connectivity index is 2.92. The Morgan fingerprint density at radius 2 is 1.94 bits per heavy atom. The van der Waals surface area contributed by atoms with E-state index >= 15 is 0 Å². The molecule has 17 heavy (non-hydrogen) atoms. The van der Waals surface area contributed by atoms with Gasteiger partial charge in [0.1, 0.15) is 0 Å². The van der Waals surface area contributed by atoms with E-state index in [1.54, 1.807) is 45.0 Å². The third kappa shape index (κ3) is 3.30. The quantitative estimate of drug-likeness (QED) is 0.893. The van der Waals surface area contributed by atoms with Crippen LogP contribution in [0.25, 0.3) is 0 Å². The number of benzene rings is 1. The summed E-state index contributed by atoms with van der Waals surface area (Å²) in [6.07, 6.45) is 0.469. The van der Waals surface area contributed by atoms with E-state index in [0.717, 1.165) is 5.56 Å². The minimum absolute atomic E-state index is 0.388. The highest BCUT2D eigenvalue weighted by atomic mass is 32.2. The van der Waals surface area contributed by atoms with Gasteiger partial charge in [0, 0.05) is 5.56 Å². The Labute approximate surface area is 102 Å². The van der Waals surface area contributed by atoms with Crippen LogP contribution in [0, 0.1) is 6.92 Å². The Morgan fingerprint density at radius 3 is 2.47 bits per heavy atom.